The second kappa shape index (κ2) is 5.13. The van der Waals surface area contributed by atoms with Crippen molar-refractivity contribution in [3.05, 3.63) is 54.0 Å². The molecule has 3 rings (SSSR count). The maximum absolute atomic E-state index is 5.89. The lowest BCUT2D eigenvalue weighted by Gasteiger charge is -2.08. The van der Waals surface area contributed by atoms with E-state index in [1.807, 2.05) is 24.9 Å². The summed E-state index contributed by atoms with van der Waals surface area (Å²) in [6, 6.07) is 8.93. The van der Waals surface area contributed by atoms with Gasteiger partial charge in [0.2, 0.25) is 0 Å². The van der Waals surface area contributed by atoms with Crippen molar-refractivity contribution >= 4 is 10.9 Å². The maximum atomic E-state index is 5.89. The molecule has 0 aliphatic carbocycles. The molecule has 4 heteroatoms. The molecule has 2 N–H and O–H groups in total. The lowest BCUT2D eigenvalue weighted by molar-refractivity contribution is 0.738. The third-order valence-corrected chi connectivity index (χ3v) is 3.51. The Morgan fingerprint density at radius 1 is 1.25 bits per heavy atom. The molecule has 1 aromatic carbocycles. The molecule has 104 valence electrons. The van der Waals surface area contributed by atoms with Crippen LogP contribution in [0.2, 0.25) is 0 Å². The number of aryl methyl sites for hydroxylation is 1. The molecule has 0 bridgehead atoms. The van der Waals surface area contributed by atoms with Crippen LogP contribution in [0, 0.1) is 0 Å². The molecule has 0 fully saturated rings. The Hall–Kier alpha value is -2.07. The lowest BCUT2D eigenvalue weighted by Crippen LogP contribution is -2.17. The molecule has 2 aromatic heterocycles. The van der Waals surface area contributed by atoms with Crippen molar-refractivity contribution < 1.29 is 0 Å². The molecule has 20 heavy (non-hydrogen) atoms. The van der Waals surface area contributed by atoms with Crippen molar-refractivity contribution in [2.75, 3.05) is 0 Å². The highest BCUT2D eigenvalue weighted by molar-refractivity contribution is 5.81. The second-order valence-electron chi connectivity index (χ2n) is 5.54. The van der Waals surface area contributed by atoms with E-state index in [2.05, 4.69) is 46.3 Å². The highest BCUT2D eigenvalue weighted by Gasteiger charge is 2.05. The Morgan fingerprint density at radius 3 is 2.80 bits per heavy atom. The van der Waals surface area contributed by atoms with Crippen LogP contribution in [-0.2, 0) is 20.0 Å². The fraction of sp³-hybridized carbons (Fsp3) is 0.312. The molecule has 1 unspecified atom stereocenters. The molecule has 4 nitrogen and oxygen atoms in total. The number of aromatic nitrogens is 3. The summed E-state index contributed by atoms with van der Waals surface area (Å²) in [4.78, 5) is 0. The van der Waals surface area contributed by atoms with Crippen LogP contribution in [0.15, 0.2) is 42.9 Å². The van der Waals surface area contributed by atoms with Gasteiger partial charge < -0.3 is 10.3 Å². The van der Waals surface area contributed by atoms with Crippen molar-refractivity contribution in [3.8, 4) is 0 Å². The first-order chi connectivity index (χ1) is 9.61. The highest BCUT2D eigenvalue weighted by Crippen LogP contribution is 2.19. The number of benzene rings is 1. The van der Waals surface area contributed by atoms with Crippen LogP contribution in [0.1, 0.15) is 18.1 Å². The van der Waals surface area contributed by atoms with E-state index >= 15 is 0 Å². The van der Waals surface area contributed by atoms with Gasteiger partial charge in [0.25, 0.3) is 0 Å². The van der Waals surface area contributed by atoms with Gasteiger partial charge in [-0.3, -0.25) is 4.68 Å². The lowest BCUT2D eigenvalue weighted by atomic mass is 10.1. The zero-order chi connectivity index (χ0) is 14.1. The third-order valence-electron chi connectivity index (χ3n) is 3.51. The van der Waals surface area contributed by atoms with Crippen LogP contribution in [0.5, 0.6) is 0 Å². The van der Waals surface area contributed by atoms with Crippen LogP contribution >= 0.6 is 0 Å². The number of rotatable bonds is 4. The minimum Gasteiger partial charge on any atom is -0.343 e. The summed E-state index contributed by atoms with van der Waals surface area (Å²) in [7, 11) is 1.94. The monoisotopic (exact) mass is 268 g/mol. The van der Waals surface area contributed by atoms with Gasteiger partial charge >= 0.3 is 0 Å². The summed E-state index contributed by atoms with van der Waals surface area (Å²) in [5.74, 6) is 0. The van der Waals surface area contributed by atoms with Gasteiger partial charge in [-0.05, 0) is 36.4 Å². The Kier molecular flexibility index (Phi) is 3.32. The van der Waals surface area contributed by atoms with E-state index in [-0.39, 0.29) is 6.04 Å². The largest absolute Gasteiger partial charge is 0.343 e. The molecular weight excluding hydrogens is 248 g/mol. The van der Waals surface area contributed by atoms with Gasteiger partial charge in [0, 0.05) is 36.6 Å². The fourth-order valence-electron chi connectivity index (χ4n) is 2.62. The van der Waals surface area contributed by atoms with Crippen molar-refractivity contribution in [1.29, 1.82) is 0 Å². The van der Waals surface area contributed by atoms with Crippen molar-refractivity contribution in [2.24, 2.45) is 12.8 Å². The zero-order valence-electron chi connectivity index (χ0n) is 12.0. The Morgan fingerprint density at radius 2 is 2.10 bits per heavy atom. The SMILES string of the molecule is CC(N)Cc1ccc2ccn(Cc3cnn(C)c3)c2c1. The number of nitrogens with two attached hydrogens (primary N) is 1. The van der Waals surface area contributed by atoms with Gasteiger partial charge in [-0.2, -0.15) is 5.10 Å². The van der Waals surface area contributed by atoms with E-state index in [4.69, 9.17) is 5.73 Å². The highest BCUT2D eigenvalue weighted by atomic mass is 15.2. The fourth-order valence-corrected chi connectivity index (χ4v) is 2.62. The van der Waals surface area contributed by atoms with E-state index in [9.17, 15) is 0 Å². The topological polar surface area (TPSA) is 48.8 Å². The molecule has 0 saturated heterocycles. The second-order valence-corrected chi connectivity index (χ2v) is 5.54. The van der Waals surface area contributed by atoms with Gasteiger partial charge in [0.1, 0.15) is 0 Å². The van der Waals surface area contributed by atoms with Gasteiger partial charge in [-0.1, -0.05) is 12.1 Å². The van der Waals surface area contributed by atoms with Gasteiger partial charge in [0.15, 0.2) is 0 Å². The predicted octanol–water partition coefficient (Wildman–Crippen LogP) is 2.31. The third kappa shape index (κ3) is 2.60. The molecule has 0 amide bonds. The van der Waals surface area contributed by atoms with Crippen molar-refractivity contribution in [1.82, 2.24) is 14.3 Å². The summed E-state index contributed by atoms with van der Waals surface area (Å²) < 4.78 is 4.10. The smallest absolute Gasteiger partial charge is 0.0539 e. The molecule has 0 radical (unpaired) electrons. The summed E-state index contributed by atoms with van der Waals surface area (Å²) in [5.41, 5.74) is 9.65. The van der Waals surface area contributed by atoms with Crippen LogP contribution in [-0.4, -0.2) is 20.4 Å². The van der Waals surface area contributed by atoms with Gasteiger partial charge in [-0.25, -0.2) is 0 Å². The summed E-state index contributed by atoms with van der Waals surface area (Å²) in [6.07, 6.45) is 7.01. The van der Waals surface area contributed by atoms with Crippen LogP contribution in [0.25, 0.3) is 10.9 Å². The van der Waals surface area contributed by atoms with E-state index in [1.54, 1.807) is 0 Å². The molecule has 2 heterocycles. The zero-order valence-corrected chi connectivity index (χ0v) is 12.0. The number of hydrogen-bond donors (Lipinski definition) is 1. The summed E-state index contributed by atoms with van der Waals surface area (Å²) >= 11 is 0. The number of hydrogen-bond acceptors (Lipinski definition) is 2. The van der Waals surface area contributed by atoms with E-state index in [1.165, 1.54) is 22.0 Å². The molecule has 0 aliphatic heterocycles. The molecule has 0 saturated carbocycles. The van der Waals surface area contributed by atoms with E-state index < -0.39 is 0 Å². The minimum atomic E-state index is 0.189. The molecule has 0 spiro atoms. The standard InChI is InChI=1S/C16H20N4/c1-12(17)7-13-3-4-15-5-6-20(16(15)8-13)11-14-9-18-19(2)10-14/h3-6,8-10,12H,7,11,17H2,1-2H3. The first-order valence-electron chi connectivity index (χ1n) is 6.93. The number of nitrogens with zero attached hydrogens (tertiary/aromatic N) is 3. The van der Waals surface area contributed by atoms with E-state index in [0.29, 0.717) is 0 Å². The molecule has 3 aromatic rings. The van der Waals surface area contributed by atoms with Gasteiger partial charge in [-0.15, -0.1) is 0 Å². The minimum absolute atomic E-state index is 0.189. The quantitative estimate of drug-likeness (QED) is 0.789. The Balaban J connectivity index is 1.94. The molecule has 0 aliphatic rings. The Labute approximate surface area is 118 Å². The molecule has 1 atom stereocenters. The average molecular weight is 268 g/mol. The predicted molar refractivity (Wildman–Crippen MR) is 81.6 cm³/mol. The van der Waals surface area contributed by atoms with E-state index in [0.717, 1.165) is 13.0 Å². The Bertz CT molecular complexity index is 721. The van der Waals surface area contributed by atoms with Crippen molar-refractivity contribution in [3.63, 3.8) is 0 Å². The van der Waals surface area contributed by atoms with Crippen LogP contribution in [0.4, 0.5) is 0 Å². The van der Waals surface area contributed by atoms with Crippen LogP contribution in [0.3, 0.4) is 0 Å². The first kappa shape index (κ1) is 12.9. The van der Waals surface area contributed by atoms with Crippen molar-refractivity contribution in [2.45, 2.75) is 25.9 Å². The first-order valence-corrected chi connectivity index (χ1v) is 6.93. The molecular formula is C16H20N4. The summed E-state index contributed by atoms with van der Waals surface area (Å²) in [5, 5.41) is 5.49. The number of fused-ring (bicyclic) bond motifs is 1. The van der Waals surface area contributed by atoms with Crippen LogP contribution < -0.4 is 5.73 Å². The van der Waals surface area contributed by atoms with Gasteiger partial charge in [0.05, 0.1) is 12.7 Å². The maximum Gasteiger partial charge on any atom is 0.0539 e. The average Bonchev–Trinajstić information content (AvgIpc) is 2.97. The summed E-state index contributed by atoms with van der Waals surface area (Å²) in [6.45, 7) is 2.89. The normalized spacial score (nSPS) is 12.9.